The van der Waals surface area contributed by atoms with E-state index in [1.165, 1.54) is 22.5 Å². The maximum Gasteiger partial charge on any atom is 0.0445 e. The fourth-order valence-electron chi connectivity index (χ4n) is 2.40. The van der Waals surface area contributed by atoms with Crippen LogP contribution in [-0.2, 0) is 0 Å². The van der Waals surface area contributed by atoms with Crippen molar-refractivity contribution in [2.24, 2.45) is 0 Å². The van der Waals surface area contributed by atoms with E-state index in [-0.39, 0.29) is 0 Å². The lowest BCUT2D eigenvalue weighted by atomic mass is 10.0. The van der Waals surface area contributed by atoms with Gasteiger partial charge in [-0.1, -0.05) is 48.0 Å². The number of likely N-dealkylation sites (N-methyl/N-ethyl adjacent to an activating group) is 1. The third-order valence-corrected chi connectivity index (χ3v) is 4.01. The van der Waals surface area contributed by atoms with Gasteiger partial charge in [0.25, 0.3) is 0 Å². The molecule has 1 atom stereocenters. The van der Waals surface area contributed by atoms with Gasteiger partial charge in [-0.2, -0.15) is 0 Å². The van der Waals surface area contributed by atoms with Crippen LogP contribution < -0.4 is 9.80 Å². The molecule has 1 aliphatic heterocycles. The lowest BCUT2D eigenvalue weighted by Gasteiger charge is -2.30. The van der Waals surface area contributed by atoms with Crippen LogP contribution in [0.15, 0.2) is 54.6 Å². The highest BCUT2D eigenvalue weighted by Gasteiger charge is 2.15. The van der Waals surface area contributed by atoms with Crippen LogP contribution in [-0.4, -0.2) is 27.2 Å². The van der Waals surface area contributed by atoms with Crippen molar-refractivity contribution in [3.8, 4) is 0 Å². The van der Waals surface area contributed by atoms with Crippen LogP contribution in [0.2, 0.25) is 0 Å². The molecule has 2 nitrogen and oxygen atoms in total. The van der Waals surface area contributed by atoms with E-state index in [9.17, 15) is 0 Å². The minimum atomic E-state index is 0.489. The second-order valence-electron chi connectivity index (χ2n) is 6.00. The van der Waals surface area contributed by atoms with E-state index < -0.39 is 0 Å². The Balaban J connectivity index is 0.000000211. The van der Waals surface area contributed by atoms with Crippen LogP contribution in [0.5, 0.6) is 0 Å². The summed E-state index contributed by atoms with van der Waals surface area (Å²) in [5.74, 6) is 0. The van der Waals surface area contributed by atoms with Crippen LogP contribution in [0.4, 0.5) is 11.4 Å². The van der Waals surface area contributed by atoms with E-state index >= 15 is 0 Å². The Labute approximate surface area is 134 Å². The van der Waals surface area contributed by atoms with E-state index in [0.29, 0.717) is 6.04 Å². The summed E-state index contributed by atoms with van der Waals surface area (Å²) in [5.41, 5.74) is 5.20. The zero-order valence-corrected chi connectivity index (χ0v) is 14.2. The lowest BCUT2D eigenvalue weighted by Crippen LogP contribution is -2.29. The topological polar surface area (TPSA) is 6.48 Å². The molecule has 0 aliphatic carbocycles. The highest BCUT2D eigenvalue weighted by Crippen LogP contribution is 2.30. The number of anilines is 2. The van der Waals surface area contributed by atoms with Gasteiger partial charge in [-0.05, 0) is 37.6 Å². The van der Waals surface area contributed by atoms with Crippen LogP contribution in [0.1, 0.15) is 18.1 Å². The van der Waals surface area contributed by atoms with Gasteiger partial charge in [0.15, 0.2) is 0 Å². The highest BCUT2D eigenvalue weighted by atomic mass is 15.1. The monoisotopic (exact) mass is 294 g/mol. The van der Waals surface area contributed by atoms with E-state index in [1.807, 2.05) is 18.2 Å². The van der Waals surface area contributed by atoms with E-state index in [0.717, 1.165) is 0 Å². The van der Waals surface area contributed by atoms with Crippen molar-refractivity contribution < 1.29 is 0 Å². The van der Waals surface area contributed by atoms with E-state index in [2.05, 4.69) is 87.3 Å². The number of rotatable bonds is 1. The Kier molecular flexibility index (Phi) is 5.26. The number of aryl methyl sites for hydroxylation is 1. The van der Waals surface area contributed by atoms with Crippen LogP contribution >= 0.6 is 0 Å². The fraction of sp³-hybridized carbons (Fsp3) is 0.300. The van der Waals surface area contributed by atoms with Crippen molar-refractivity contribution in [3.63, 3.8) is 0 Å². The third kappa shape index (κ3) is 3.91. The first kappa shape index (κ1) is 16.2. The van der Waals surface area contributed by atoms with Crippen LogP contribution in [0.25, 0.3) is 6.08 Å². The fourth-order valence-corrected chi connectivity index (χ4v) is 2.40. The molecule has 1 aliphatic rings. The predicted molar refractivity (Wildman–Crippen MR) is 98.8 cm³/mol. The first-order valence-corrected chi connectivity index (χ1v) is 7.73. The summed E-state index contributed by atoms with van der Waals surface area (Å²) in [6, 6.07) is 17.3. The van der Waals surface area contributed by atoms with Crippen molar-refractivity contribution in [2.45, 2.75) is 19.9 Å². The van der Waals surface area contributed by atoms with Crippen LogP contribution in [0, 0.1) is 6.92 Å². The summed E-state index contributed by atoms with van der Waals surface area (Å²) >= 11 is 0. The molecule has 2 heteroatoms. The van der Waals surface area contributed by atoms with Crippen molar-refractivity contribution in [2.75, 3.05) is 30.9 Å². The number of fused-ring (bicyclic) bond motifs is 1. The number of nitrogens with zero attached hydrogens (tertiary/aromatic N) is 2. The molecule has 0 aromatic heterocycles. The van der Waals surface area contributed by atoms with Crippen LogP contribution in [0.3, 0.4) is 0 Å². The molecule has 0 fully saturated rings. The molecule has 0 saturated carbocycles. The van der Waals surface area contributed by atoms with Gasteiger partial charge in [0.1, 0.15) is 0 Å². The molecule has 3 rings (SSSR count). The molecule has 0 radical (unpaired) electrons. The van der Waals surface area contributed by atoms with Gasteiger partial charge < -0.3 is 9.80 Å². The first-order valence-electron chi connectivity index (χ1n) is 7.73. The largest absolute Gasteiger partial charge is 0.378 e. The van der Waals surface area contributed by atoms with Crippen molar-refractivity contribution in [1.29, 1.82) is 0 Å². The minimum Gasteiger partial charge on any atom is -0.378 e. The first-order chi connectivity index (χ1) is 10.5. The molecule has 0 N–H and O–H groups in total. The summed E-state index contributed by atoms with van der Waals surface area (Å²) in [4.78, 5) is 4.43. The lowest BCUT2D eigenvalue weighted by molar-refractivity contribution is 0.817. The Hall–Kier alpha value is -2.22. The smallest absolute Gasteiger partial charge is 0.0445 e. The Morgan fingerprint density at radius 3 is 2.23 bits per heavy atom. The molecule has 0 spiro atoms. The molecule has 0 bridgehead atoms. The Morgan fingerprint density at radius 1 is 1.00 bits per heavy atom. The molecule has 0 amide bonds. The van der Waals surface area contributed by atoms with Gasteiger partial charge in [-0.25, -0.2) is 0 Å². The van der Waals surface area contributed by atoms with Gasteiger partial charge in [0.2, 0.25) is 0 Å². The molecular formula is C20H26N2. The van der Waals surface area contributed by atoms with Crippen molar-refractivity contribution >= 4 is 17.5 Å². The van der Waals surface area contributed by atoms with Crippen molar-refractivity contribution in [1.82, 2.24) is 0 Å². The molecule has 22 heavy (non-hydrogen) atoms. The SMILES string of the molecule is CC1C=Cc2cc(N(C)C)ccc2N1C.Cc1ccccc1. The standard InChI is InChI=1S/C13H18N2.C7H8/c1-10-5-6-11-9-12(14(2)3)7-8-13(11)15(10)4;1-7-5-3-2-4-6-7/h5-10H,1-4H3;2-6H,1H3. The van der Waals surface area contributed by atoms with Gasteiger partial charge in [0.05, 0.1) is 0 Å². The van der Waals surface area contributed by atoms with Gasteiger partial charge in [-0.15, -0.1) is 0 Å². The molecule has 1 unspecified atom stereocenters. The summed E-state index contributed by atoms with van der Waals surface area (Å²) in [7, 11) is 6.28. The number of hydrogen-bond acceptors (Lipinski definition) is 2. The Bertz CT molecular complexity index is 629. The molecule has 2 aromatic rings. The number of benzene rings is 2. The maximum absolute atomic E-state index is 2.30. The normalized spacial score (nSPS) is 15.7. The molecule has 116 valence electrons. The number of hydrogen-bond donors (Lipinski definition) is 0. The predicted octanol–water partition coefficient (Wildman–Crippen LogP) is 4.60. The molecule has 1 heterocycles. The summed E-state index contributed by atoms with van der Waals surface area (Å²) in [6.07, 6.45) is 4.45. The maximum atomic E-state index is 2.30. The Morgan fingerprint density at radius 2 is 1.68 bits per heavy atom. The molecular weight excluding hydrogens is 268 g/mol. The van der Waals surface area contributed by atoms with Crippen molar-refractivity contribution in [3.05, 3.63) is 65.7 Å². The third-order valence-electron chi connectivity index (χ3n) is 4.01. The molecule has 0 saturated heterocycles. The average molecular weight is 294 g/mol. The summed E-state index contributed by atoms with van der Waals surface area (Å²) < 4.78 is 0. The van der Waals surface area contributed by atoms with Gasteiger partial charge in [-0.3, -0.25) is 0 Å². The van der Waals surface area contributed by atoms with Gasteiger partial charge >= 0.3 is 0 Å². The van der Waals surface area contributed by atoms with E-state index in [1.54, 1.807) is 0 Å². The second kappa shape index (κ2) is 7.17. The summed E-state index contributed by atoms with van der Waals surface area (Å²) in [6.45, 7) is 4.29. The van der Waals surface area contributed by atoms with Gasteiger partial charge in [0, 0.05) is 38.6 Å². The minimum absolute atomic E-state index is 0.489. The summed E-state index contributed by atoms with van der Waals surface area (Å²) in [5, 5.41) is 0. The second-order valence-corrected chi connectivity index (χ2v) is 6.00. The highest BCUT2D eigenvalue weighted by molar-refractivity contribution is 5.75. The zero-order valence-electron chi connectivity index (χ0n) is 14.2. The quantitative estimate of drug-likeness (QED) is 0.758. The zero-order chi connectivity index (χ0) is 16.1. The van der Waals surface area contributed by atoms with E-state index in [4.69, 9.17) is 0 Å². The molecule has 2 aromatic carbocycles. The average Bonchev–Trinajstić information content (AvgIpc) is 2.52.